The molecule has 1 aromatic carbocycles. The summed E-state index contributed by atoms with van der Waals surface area (Å²) in [6, 6.07) is 4.95. The van der Waals surface area contributed by atoms with Crippen molar-refractivity contribution in [2.45, 2.75) is 33.2 Å². The lowest BCUT2D eigenvalue weighted by molar-refractivity contribution is -0.141. The van der Waals surface area contributed by atoms with E-state index in [2.05, 4.69) is 10.3 Å². The summed E-state index contributed by atoms with van der Waals surface area (Å²) < 4.78 is 21.4. The van der Waals surface area contributed by atoms with Gasteiger partial charge in [0.1, 0.15) is 6.61 Å². The zero-order valence-corrected chi connectivity index (χ0v) is 21.9. The Bertz CT molecular complexity index is 1050. The van der Waals surface area contributed by atoms with E-state index in [9.17, 15) is 9.59 Å². The standard InChI is InChI=1S/C25H33N3O6S/c1-15(2)13-26-21(29)12-18-14-35-25-27-16(3)22(24(30)34-10-9-31-4)23(28(18)25)17-7-8-19(32-5)20(11-17)33-6/h7-8,11,14-15,23H,9-10,12-13H2,1-6H3,(H,26,29)/t23-/m0/s1. The van der Waals surface area contributed by atoms with Gasteiger partial charge in [-0.1, -0.05) is 31.7 Å². The Balaban J connectivity index is 2.01. The van der Waals surface area contributed by atoms with Gasteiger partial charge < -0.3 is 29.2 Å². The minimum Gasteiger partial charge on any atom is -0.493 e. The number of amides is 1. The normalized spacial score (nSPS) is 17.1. The van der Waals surface area contributed by atoms with Crippen LogP contribution in [0, 0.1) is 5.92 Å². The number of amidine groups is 1. The second kappa shape index (κ2) is 12.1. The van der Waals surface area contributed by atoms with Crippen LogP contribution in [0.4, 0.5) is 0 Å². The van der Waals surface area contributed by atoms with Gasteiger partial charge in [-0.15, -0.1) is 0 Å². The van der Waals surface area contributed by atoms with Crippen LogP contribution >= 0.6 is 11.8 Å². The molecule has 0 fully saturated rings. The molecule has 0 radical (unpaired) electrons. The Morgan fingerprint density at radius 1 is 1.14 bits per heavy atom. The number of thioether (sulfide) groups is 1. The molecule has 0 spiro atoms. The molecular weight excluding hydrogens is 470 g/mol. The van der Waals surface area contributed by atoms with E-state index in [1.807, 2.05) is 36.3 Å². The highest BCUT2D eigenvalue weighted by Crippen LogP contribution is 2.46. The van der Waals surface area contributed by atoms with Crippen molar-refractivity contribution >= 4 is 28.8 Å². The zero-order chi connectivity index (χ0) is 25.5. The van der Waals surface area contributed by atoms with Crippen molar-refractivity contribution in [2.24, 2.45) is 10.9 Å². The predicted molar refractivity (Wildman–Crippen MR) is 135 cm³/mol. The fraction of sp³-hybridized carbons (Fsp3) is 0.480. The van der Waals surface area contributed by atoms with E-state index in [4.69, 9.17) is 18.9 Å². The van der Waals surface area contributed by atoms with Gasteiger partial charge in [0.25, 0.3) is 0 Å². The van der Waals surface area contributed by atoms with Gasteiger partial charge >= 0.3 is 5.97 Å². The largest absolute Gasteiger partial charge is 0.493 e. The Hall–Kier alpha value is -2.98. The maximum absolute atomic E-state index is 13.2. The molecular formula is C25H33N3O6S. The third-order valence-electron chi connectivity index (χ3n) is 5.51. The third kappa shape index (κ3) is 6.18. The smallest absolute Gasteiger partial charge is 0.338 e. The average molecular weight is 504 g/mol. The van der Waals surface area contributed by atoms with Gasteiger partial charge in [-0.3, -0.25) is 4.79 Å². The number of nitrogens with one attached hydrogen (secondary N) is 1. The highest BCUT2D eigenvalue weighted by Gasteiger charge is 2.41. The summed E-state index contributed by atoms with van der Waals surface area (Å²) in [4.78, 5) is 32.5. The van der Waals surface area contributed by atoms with Crippen LogP contribution in [-0.4, -0.2) is 63.0 Å². The van der Waals surface area contributed by atoms with Crippen LogP contribution in [0.25, 0.3) is 0 Å². The molecule has 1 aromatic rings. The molecule has 1 N–H and O–H groups in total. The SMILES string of the molecule is COCCOC(=O)C1=C(C)N=C2SC=C(CC(=O)NCC(C)C)N2[C@H]1c1ccc(OC)c(OC)c1. The first-order valence-corrected chi connectivity index (χ1v) is 12.3. The van der Waals surface area contributed by atoms with E-state index in [1.165, 1.54) is 11.8 Å². The minimum atomic E-state index is -0.559. The molecule has 0 saturated heterocycles. The molecule has 10 heteroatoms. The fourth-order valence-corrected chi connectivity index (χ4v) is 4.77. The number of allylic oxidation sites excluding steroid dienone is 1. The molecule has 190 valence electrons. The molecule has 2 heterocycles. The van der Waals surface area contributed by atoms with Gasteiger partial charge in [-0.25, -0.2) is 9.79 Å². The van der Waals surface area contributed by atoms with Crippen LogP contribution in [0.15, 0.2) is 45.6 Å². The van der Waals surface area contributed by atoms with Crippen molar-refractivity contribution in [1.82, 2.24) is 10.2 Å². The topological polar surface area (TPSA) is 98.7 Å². The van der Waals surface area contributed by atoms with E-state index in [0.717, 1.165) is 11.3 Å². The van der Waals surface area contributed by atoms with Gasteiger partial charge in [-0.2, -0.15) is 0 Å². The quantitative estimate of drug-likeness (QED) is 0.361. The Morgan fingerprint density at radius 3 is 2.54 bits per heavy atom. The fourth-order valence-electron chi connectivity index (χ4n) is 3.81. The zero-order valence-electron chi connectivity index (χ0n) is 21.0. The average Bonchev–Trinajstić information content (AvgIpc) is 3.23. The highest BCUT2D eigenvalue weighted by atomic mass is 32.2. The number of esters is 1. The van der Waals surface area contributed by atoms with Crippen LogP contribution < -0.4 is 14.8 Å². The lowest BCUT2D eigenvalue weighted by Crippen LogP contribution is -2.38. The van der Waals surface area contributed by atoms with Crippen LogP contribution in [0.1, 0.15) is 38.8 Å². The number of nitrogens with zero attached hydrogens (tertiary/aromatic N) is 2. The van der Waals surface area contributed by atoms with Crippen molar-refractivity contribution in [3.05, 3.63) is 46.1 Å². The van der Waals surface area contributed by atoms with E-state index >= 15 is 0 Å². The number of rotatable bonds is 11. The van der Waals surface area contributed by atoms with Crippen LogP contribution in [0.5, 0.6) is 11.5 Å². The second-order valence-corrected chi connectivity index (χ2v) is 9.35. The first-order valence-electron chi connectivity index (χ1n) is 11.4. The summed E-state index contributed by atoms with van der Waals surface area (Å²) in [6.07, 6.45) is 0.160. The van der Waals surface area contributed by atoms with Crippen molar-refractivity contribution in [1.29, 1.82) is 0 Å². The van der Waals surface area contributed by atoms with Gasteiger partial charge in [0.2, 0.25) is 5.91 Å². The molecule has 1 atom stereocenters. The first kappa shape index (κ1) is 26.6. The van der Waals surface area contributed by atoms with Gasteiger partial charge in [-0.05, 0) is 35.9 Å². The van der Waals surface area contributed by atoms with E-state index in [1.54, 1.807) is 34.3 Å². The van der Waals surface area contributed by atoms with Gasteiger partial charge in [0, 0.05) is 19.4 Å². The number of benzene rings is 1. The maximum atomic E-state index is 13.2. The summed E-state index contributed by atoms with van der Waals surface area (Å²) in [5.74, 6) is 0.879. The molecule has 9 nitrogen and oxygen atoms in total. The van der Waals surface area contributed by atoms with Crippen molar-refractivity contribution in [3.8, 4) is 11.5 Å². The summed E-state index contributed by atoms with van der Waals surface area (Å²) in [5.41, 5.74) is 2.49. The van der Waals surface area contributed by atoms with Crippen molar-refractivity contribution in [2.75, 3.05) is 41.1 Å². The van der Waals surface area contributed by atoms with Gasteiger partial charge in [0.05, 0.1) is 44.6 Å². The molecule has 2 aliphatic rings. The Morgan fingerprint density at radius 2 is 1.89 bits per heavy atom. The number of aliphatic imine (C=N–C) groups is 1. The third-order valence-corrected chi connectivity index (χ3v) is 6.40. The monoisotopic (exact) mass is 503 g/mol. The Labute approximate surface area is 210 Å². The number of hydrogen-bond donors (Lipinski definition) is 1. The lowest BCUT2D eigenvalue weighted by Gasteiger charge is -2.36. The molecule has 0 unspecified atom stereocenters. The predicted octanol–water partition coefficient (Wildman–Crippen LogP) is 3.63. The van der Waals surface area contributed by atoms with E-state index in [0.29, 0.717) is 40.4 Å². The van der Waals surface area contributed by atoms with Gasteiger partial charge in [0.15, 0.2) is 16.7 Å². The van der Waals surface area contributed by atoms with Crippen LogP contribution in [0.2, 0.25) is 0 Å². The van der Waals surface area contributed by atoms with E-state index < -0.39 is 12.0 Å². The summed E-state index contributed by atoms with van der Waals surface area (Å²) >= 11 is 1.43. The highest BCUT2D eigenvalue weighted by molar-refractivity contribution is 8.16. The van der Waals surface area contributed by atoms with E-state index in [-0.39, 0.29) is 25.5 Å². The molecule has 35 heavy (non-hydrogen) atoms. The molecule has 3 rings (SSSR count). The molecule has 0 bridgehead atoms. The summed E-state index contributed by atoms with van der Waals surface area (Å²) in [5, 5.41) is 5.57. The second-order valence-electron chi connectivity index (χ2n) is 8.51. The number of carbonyl (C=O) groups is 2. The summed E-state index contributed by atoms with van der Waals surface area (Å²) in [6.45, 7) is 6.88. The van der Waals surface area contributed by atoms with Crippen molar-refractivity contribution < 1.29 is 28.5 Å². The number of carbonyl (C=O) groups excluding carboxylic acids is 2. The molecule has 2 aliphatic heterocycles. The number of methoxy groups -OCH3 is 3. The minimum absolute atomic E-state index is 0.0895. The number of ether oxygens (including phenoxy) is 4. The molecule has 0 aliphatic carbocycles. The van der Waals surface area contributed by atoms with Crippen molar-refractivity contribution in [3.63, 3.8) is 0 Å². The maximum Gasteiger partial charge on any atom is 0.338 e. The summed E-state index contributed by atoms with van der Waals surface area (Å²) in [7, 11) is 4.68. The molecule has 0 saturated carbocycles. The number of hydrogen-bond acceptors (Lipinski definition) is 9. The first-order chi connectivity index (χ1) is 16.8. The lowest BCUT2D eigenvalue weighted by atomic mass is 9.93. The van der Waals surface area contributed by atoms with Crippen LogP contribution in [0.3, 0.4) is 0 Å². The van der Waals surface area contributed by atoms with Crippen LogP contribution in [-0.2, 0) is 19.1 Å². The number of fused-ring (bicyclic) bond motifs is 1. The molecule has 1 amide bonds. The molecule has 0 aromatic heterocycles. The Kier molecular flexibility index (Phi) is 9.22.